The first-order chi connectivity index (χ1) is 11.6. The molecule has 6 heteroatoms. The molecule has 2 heterocycles. The highest BCUT2D eigenvalue weighted by Crippen LogP contribution is 2.41. The van der Waals surface area contributed by atoms with Gasteiger partial charge in [-0.3, -0.25) is 4.79 Å². The zero-order valence-electron chi connectivity index (χ0n) is 12.2. The van der Waals surface area contributed by atoms with Crippen molar-refractivity contribution in [1.82, 2.24) is 9.78 Å². The quantitative estimate of drug-likeness (QED) is 0.535. The Morgan fingerprint density at radius 3 is 2.58 bits per heavy atom. The van der Waals surface area contributed by atoms with E-state index >= 15 is 0 Å². The molecule has 0 saturated carbocycles. The molecule has 0 amide bonds. The number of nitrogens with zero attached hydrogens (tertiary/aromatic N) is 2. The number of fused-ring (bicyclic) bond motifs is 3. The lowest BCUT2D eigenvalue weighted by Gasteiger charge is -2.12. The molecule has 0 N–H and O–H groups in total. The van der Waals surface area contributed by atoms with Crippen LogP contribution in [0.5, 0.6) is 0 Å². The van der Waals surface area contributed by atoms with Crippen LogP contribution in [-0.4, -0.2) is 9.78 Å². The Labute approximate surface area is 156 Å². The SMILES string of the molecule is O=c1cc2c(nn1-c1ccc(Cl)cc1)-c1ccccc1SC=C2Br. The van der Waals surface area contributed by atoms with Gasteiger partial charge in [-0.15, -0.1) is 0 Å². The molecule has 0 aliphatic carbocycles. The van der Waals surface area contributed by atoms with Crippen LogP contribution in [-0.2, 0) is 0 Å². The lowest BCUT2D eigenvalue weighted by molar-refractivity contribution is 0.810. The molecule has 3 nitrogen and oxygen atoms in total. The van der Waals surface area contributed by atoms with Crippen LogP contribution in [0.25, 0.3) is 21.4 Å². The molecule has 0 fully saturated rings. The Bertz CT molecular complexity index is 1030. The van der Waals surface area contributed by atoms with Gasteiger partial charge in [-0.2, -0.15) is 9.78 Å². The molecule has 0 radical (unpaired) electrons. The number of hydrogen-bond acceptors (Lipinski definition) is 3. The van der Waals surface area contributed by atoms with Gasteiger partial charge in [0.25, 0.3) is 5.56 Å². The van der Waals surface area contributed by atoms with Crippen molar-refractivity contribution in [2.24, 2.45) is 0 Å². The Morgan fingerprint density at radius 2 is 1.79 bits per heavy atom. The van der Waals surface area contributed by atoms with Crippen LogP contribution in [0.3, 0.4) is 0 Å². The molecule has 1 aliphatic heterocycles. The third-order valence-corrected chi connectivity index (χ3v) is 5.87. The molecule has 1 aliphatic rings. The van der Waals surface area contributed by atoms with Crippen LogP contribution in [0.1, 0.15) is 5.56 Å². The van der Waals surface area contributed by atoms with Gasteiger partial charge < -0.3 is 0 Å². The van der Waals surface area contributed by atoms with E-state index in [1.165, 1.54) is 4.68 Å². The van der Waals surface area contributed by atoms with Crippen molar-refractivity contribution in [3.8, 4) is 16.9 Å². The first kappa shape index (κ1) is 15.7. The summed E-state index contributed by atoms with van der Waals surface area (Å²) >= 11 is 11.1. The molecule has 0 unspecified atom stereocenters. The predicted molar refractivity (Wildman–Crippen MR) is 103 cm³/mol. The van der Waals surface area contributed by atoms with Crippen LogP contribution >= 0.6 is 39.3 Å². The minimum Gasteiger partial charge on any atom is -0.267 e. The monoisotopic (exact) mass is 416 g/mol. The summed E-state index contributed by atoms with van der Waals surface area (Å²) in [5.74, 6) is 0. The Hall–Kier alpha value is -1.82. The van der Waals surface area contributed by atoms with E-state index in [1.54, 1.807) is 42.1 Å². The molecular formula is C18H10BrClN2OS. The van der Waals surface area contributed by atoms with Gasteiger partial charge in [0.1, 0.15) is 5.69 Å². The van der Waals surface area contributed by atoms with Crippen LogP contribution in [0.15, 0.2) is 69.7 Å². The maximum atomic E-state index is 12.6. The summed E-state index contributed by atoms with van der Waals surface area (Å²) in [7, 11) is 0. The topological polar surface area (TPSA) is 34.9 Å². The fourth-order valence-electron chi connectivity index (χ4n) is 2.55. The highest BCUT2D eigenvalue weighted by Gasteiger charge is 2.19. The van der Waals surface area contributed by atoms with Crippen molar-refractivity contribution in [3.05, 3.63) is 80.9 Å². The first-order valence-electron chi connectivity index (χ1n) is 7.16. The summed E-state index contributed by atoms with van der Waals surface area (Å²) in [4.78, 5) is 13.7. The number of benzene rings is 2. The Balaban J connectivity index is 2.00. The van der Waals surface area contributed by atoms with Gasteiger partial charge in [-0.1, -0.05) is 41.6 Å². The van der Waals surface area contributed by atoms with Crippen LogP contribution in [0.4, 0.5) is 0 Å². The summed E-state index contributed by atoms with van der Waals surface area (Å²) in [5.41, 5.74) is 3.06. The van der Waals surface area contributed by atoms with Gasteiger partial charge in [-0.25, -0.2) is 0 Å². The second-order valence-electron chi connectivity index (χ2n) is 5.21. The van der Waals surface area contributed by atoms with Gasteiger partial charge in [-0.05, 0) is 51.7 Å². The van der Waals surface area contributed by atoms with Crippen molar-refractivity contribution in [2.75, 3.05) is 0 Å². The molecule has 24 heavy (non-hydrogen) atoms. The van der Waals surface area contributed by atoms with Crippen molar-refractivity contribution in [1.29, 1.82) is 0 Å². The third-order valence-electron chi connectivity index (χ3n) is 3.69. The van der Waals surface area contributed by atoms with Crippen LogP contribution in [0, 0.1) is 0 Å². The highest BCUT2D eigenvalue weighted by molar-refractivity contribution is 9.15. The van der Waals surface area contributed by atoms with E-state index in [4.69, 9.17) is 11.6 Å². The van der Waals surface area contributed by atoms with Gasteiger partial charge in [0.2, 0.25) is 0 Å². The maximum absolute atomic E-state index is 12.6. The summed E-state index contributed by atoms with van der Waals surface area (Å²) in [6.45, 7) is 0. The molecule has 0 atom stereocenters. The average molecular weight is 418 g/mol. The van der Waals surface area contributed by atoms with Gasteiger partial charge >= 0.3 is 0 Å². The Morgan fingerprint density at radius 1 is 1.04 bits per heavy atom. The standard InChI is InChI=1S/C18H10BrClN2OS/c19-15-10-24-16-4-2-1-3-13(16)18-14(15)9-17(23)22(21-18)12-7-5-11(20)6-8-12/h1-10H. The van der Waals surface area contributed by atoms with Crippen LogP contribution in [0.2, 0.25) is 5.02 Å². The second kappa shape index (κ2) is 6.24. The third kappa shape index (κ3) is 2.73. The van der Waals surface area contributed by atoms with Crippen molar-refractivity contribution in [3.63, 3.8) is 0 Å². The number of thioether (sulfide) groups is 1. The molecule has 1 aromatic heterocycles. The van der Waals surface area contributed by atoms with Gasteiger partial charge in [0.05, 0.1) is 5.69 Å². The van der Waals surface area contributed by atoms with E-state index in [9.17, 15) is 4.79 Å². The summed E-state index contributed by atoms with van der Waals surface area (Å²) < 4.78 is 2.26. The van der Waals surface area contributed by atoms with Crippen molar-refractivity contribution in [2.45, 2.75) is 4.90 Å². The van der Waals surface area contributed by atoms with E-state index in [0.29, 0.717) is 10.7 Å². The molecular weight excluding hydrogens is 408 g/mol. The molecule has 4 rings (SSSR count). The van der Waals surface area contributed by atoms with E-state index in [0.717, 1.165) is 26.2 Å². The smallest absolute Gasteiger partial charge is 0.267 e. The molecule has 2 aromatic carbocycles. The summed E-state index contributed by atoms with van der Waals surface area (Å²) in [6.07, 6.45) is 0. The number of halogens is 2. The zero-order valence-corrected chi connectivity index (χ0v) is 15.4. The first-order valence-corrected chi connectivity index (χ1v) is 9.21. The lowest BCUT2D eigenvalue weighted by Crippen LogP contribution is -2.22. The van der Waals surface area contributed by atoms with Crippen molar-refractivity contribution < 1.29 is 0 Å². The minimum absolute atomic E-state index is 0.189. The predicted octanol–water partition coefficient (Wildman–Crippen LogP) is 5.35. The number of hydrogen-bond donors (Lipinski definition) is 0. The maximum Gasteiger partial charge on any atom is 0.272 e. The number of rotatable bonds is 1. The molecule has 3 aromatic rings. The molecule has 118 valence electrons. The van der Waals surface area contributed by atoms with Gasteiger partial charge in [0, 0.05) is 31.6 Å². The average Bonchev–Trinajstić information content (AvgIpc) is 2.73. The second-order valence-corrected chi connectivity index (χ2v) is 7.41. The summed E-state index contributed by atoms with van der Waals surface area (Å²) in [5, 5.41) is 7.25. The zero-order chi connectivity index (χ0) is 16.7. The summed E-state index contributed by atoms with van der Waals surface area (Å²) in [6, 6.07) is 16.7. The minimum atomic E-state index is -0.189. The van der Waals surface area contributed by atoms with E-state index < -0.39 is 0 Å². The van der Waals surface area contributed by atoms with Crippen LogP contribution < -0.4 is 5.56 Å². The molecule has 0 spiro atoms. The normalized spacial score (nSPS) is 12.8. The fourth-order valence-corrected chi connectivity index (χ4v) is 4.06. The lowest BCUT2D eigenvalue weighted by atomic mass is 10.1. The molecule has 0 saturated heterocycles. The van der Waals surface area contributed by atoms with E-state index in [-0.39, 0.29) is 5.56 Å². The number of aromatic nitrogens is 2. The largest absolute Gasteiger partial charge is 0.272 e. The fraction of sp³-hybridized carbons (Fsp3) is 0. The molecule has 0 bridgehead atoms. The van der Waals surface area contributed by atoms with Gasteiger partial charge in [0.15, 0.2) is 0 Å². The van der Waals surface area contributed by atoms with E-state index in [2.05, 4.69) is 21.0 Å². The van der Waals surface area contributed by atoms with Crippen molar-refractivity contribution >= 4 is 43.8 Å². The highest BCUT2D eigenvalue weighted by atomic mass is 79.9. The van der Waals surface area contributed by atoms with E-state index in [1.807, 2.05) is 29.7 Å². The Kier molecular flexibility index (Phi) is 4.08.